The lowest BCUT2D eigenvalue weighted by Gasteiger charge is -2.14. The molecule has 1 aromatic carbocycles. The maximum Gasteiger partial charge on any atom is 0.338 e. The molecule has 0 saturated carbocycles. The molecule has 0 aliphatic carbocycles. The van der Waals surface area contributed by atoms with Crippen LogP contribution < -0.4 is 5.32 Å². The van der Waals surface area contributed by atoms with Crippen LogP contribution in [0.4, 0.5) is 0 Å². The van der Waals surface area contributed by atoms with E-state index in [1.54, 1.807) is 31.2 Å². The number of ether oxygens (including phenoxy) is 1. The molecule has 0 amide bonds. The highest BCUT2D eigenvalue weighted by atomic mass is 16.5. The monoisotopic (exact) mass is 251 g/mol. The molecule has 2 N–H and O–H groups in total. The van der Waals surface area contributed by atoms with Gasteiger partial charge in [-0.25, -0.2) is 4.79 Å². The van der Waals surface area contributed by atoms with Crippen LogP contribution in [0.2, 0.25) is 0 Å². The summed E-state index contributed by atoms with van der Waals surface area (Å²) in [5.41, 5.74) is 1.29. The third-order valence-corrected chi connectivity index (χ3v) is 2.53. The third kappa shape index (κ3) is 4.47. The zero-order valence-electron chi connectivity index (χ0n) is 11.1. The summed E-state index contributed by atoms with van der Waals surface area (Å²) in [6.07, 6.45) is -0.566. The van der Waals surface area contributed by atoms with Crippen molar-refractivity contribution in [1.82, 2.24) is 5.32 Å². The van der Waals surface area contributed by atoms with Crippen molar-refractivity contribution in [1.29, 1.82) is 0 Å². The van der Waals surface area contributed by atoms with E-state index in [-0.39, 0.29) is 5.97 Å². The van der Waals surface area contributed by atoms with Crippen LogP contribution in [0.25, 0.3) is 0 Å². The maximum absolute atomic E-state index is 11.4. The fourth-order valence-corrected chi connectivity index (χ4v) is 1.52. The standard InChI is InChI=1S/C14H21NO3/c1-4-18-14(17)12-7-5-11(6-8-12)13(16)9-15-10(2)3/h5-8,10,13,15-16H,4,9H2,1-3H3. The molecular weight excluding hydrogens is 230 g/mol. The van der Waals surface area contributed by atoms with E-state index in [1.165, 1.54) is 0 Å². The minimum atomic E-state index is -0.566. The lowest BCUT2D eigenvalue weighted by Crippen LogP contribution is -2.27. The van der Waals surface area contributed by atoms with E-state index in [2.05, 4.69) is 5.32 Å². The first-order chi connectivity index (χ1) is 8.54. The number of carbonyl (C=O) groups is 1. The number of carbonyl (C=O) groups excluding carboxylic acids is 1. The van der Waals surface area contributed by atoms with Gasteiger partial charge in [-0.05, 0) is 24.6 Å². The van der Waals surface area contributed by atoms with Gasteiger partial charge in [0.2, 0.25) is 0 Å². The average Bonchev–Trinajstić information content (AvgIpc) is 2.36. The molecule has 0 spiro atoms. The van der Waals surface area contributed by atoms with Crippen LogP contribution >= 0.6 is 0 Å². The third-order valence-electron chi connectivity index (χ3n) is 2.53. The molecular formula is C14H21NO3. The number of rotatable bonds is 6. The van der Waals surface area contributed by atoms with Crippen LogP contribution in [0.15, 0.2) is 24.3 Å². The molecule has 0 heterocycles. The molecule has 4 heteroatoms. The van der Waals surface area contributed by atoms with Gasteiger partial charge in [0.05, 0.1) is 18.3 Å². The molecule has 0 fully saturated rings. The molecule has 0 aliphatic heterocycles. The van der Waals surface area contributed by atoms with E-state index in [0.29, 0.717) is 24.8 Å². The summed E-state index contributed by atoms with van der Waals surface area (Å²) in [6, 6.07) is 7.17. The fourth-order valence-electron chi connectivity index (χ4n) is 1.52. The Labute approximate surface area is 108 Å². The van der Waals surface area contributed by atoms with Crippen molar-refractivity contribution >= 4 is 5.97 Å². The Bertz CT molecular complexity index is 373. The molecule has 0 aromatic heterocycles. The predicted molar refractivity (Wildman–Crippen MR) is 70.5 cm³/mol. The Hall–Kier alpha value is -1.39. The fraction of sp³-hybridized carbons (Fsp3) is 0.500. The Morgan fingerprint density at radius 3 is 2.44 bits per heavy atom. The number of hydrogen-bond donors (Lipinski definition) is 2. The molecule has 0 radical (unpaired) electrons. The van der Waals surface area contributed by atoms with Crippen LogP contribution in [0.3, 0.4) is 0 Å². The van der Waals surface area contributed by atoms with Gasteiger partial charge in [-0.3, -0.25) is 0 Å². The van der Waals surface area contributed by atoms with Gasteiger partial charge >= 0.3 is 5.97 Å². The lowest BCUT2D eigenvalue weighted by atomic mass is 10.1. The van der Waals surface area contributed by atoms with Crippen molar-refractivity contribution in [3.63, 3.8) is 0 Å². The average molecular weight is 251 g/mol. The second-order valence-electron chi connectivity index (χ2n) is 4.42. The molecule has 1 atom stereocenters. The normalized spacial score (nSPS) is 12.5. The highest BCUT2D eigenvalue weighted by molar-refractivity contribution is 5.89. The van der Waals surface area contributed by atoms with Crippen LogP contribution in [0, 0.1) is 0 Å². The molecule has 0 aliphatic rings. The zero-order valence-corrected chi connectivity index (χ0v) is 11.1. The minimum absolute atomic E-state index is 0.332. The van der Waals surface area contributed by atoms with Crippen molar-refractivity contribution < 1.29 is 14.6 Å². The van der Waals surface area contributed by atoms with Crippen molar-refractivity contribution in [2.45, 2.75) is 32.9 Å². The Morgan fingerprint density at radius 2 is 1.94 bits per heavy atom. The van der Waals surface area contributed by atoms with Gasteiger partial charge in [-0.2, -0.15) is 0 Å². The maximum atomic E-state index is 11.4. The number of hydrogen-bond acceptors (Lipinski definition) is 4. The van der Waals surface area contributed by atoms with Gasteiger partial charge in [0.1, 0.15) is 0 Å². The van der Waals surface area contributed by atoms with E-state index >= 15 is 0 Å². The smallest absolute Gasteiger partial charge is 0.338 e. The summed E-state index contributed by atoms with van der Waals surface area (Å²) in [5, 5.41) is 13.1. The summed E-state index contributed by atoms with van der Waals surface area (Å²) in [5.74, 6) is -0.334. The summed E-state index contributed by atoms with van der Waals surface area (Å²) in [4.78, 5) is 11.4. The van der Waals surface area contributed by atoms with Gasteiger partial charge < -0.3 is 15.2 Å². The molecule has 0 bridgehead atoms. The first-order valence-corrected chi connectivity index (χ1v) is 6.23. The summed E-state index contributed by atoms with van der Waals surface area (Å²) in [7, 11) is 0. The molecule has 100 valence electrons. The largest absolute Gasteiger partial charge is 0.462 e. The van der Waals surface area contributed by atoms with Gasteiger partial charge in [0.25, 0.3) is 0 Å². The number of aliphatic hydroxyl groups excluding tert-OH is 1. The van der Waals surface area contributed by atoms with Crippen LogP contribution in [0.1, 0.15) is 42.8 Å². The summed E-state index contributed by atoms with van der Waals surface area (Å²) >= 11 is 0. The zero-order chi connectivity index (χ0) is 13.5. The number of aliphatic hydroxyl groups is 1. The Morgan fingerprint density at radius 1 is 1.33 bits per heavy atom. The quantitative estimate of drug-likeness (QED) is 0.758. The predicted octanol–water partition coefficient (Wildman–Crippen LogP) is 1.89. The number of nitrogens with one attached hydrogen (secondary N) is 1. The lowest BCUT2D eigenvalue weighted by molar-refractivity contribution is 0.0526. The summed E-state index contributed by atoms with van der Waals surface area (Å²) in [6.45, 7) is 6.68. The highest BCUT2D eigenvalue weighted by Crippen LogP contribution is 2.13. The number of esters is 1. The van der Waals surface area contributed by atoms with E-state index in [9.17, 15) is 9.90 Å². The van der Waals surface area contributed by atoms with Gasteiger partial charge in [-0.15, -0.1) is 0 Å². The first kappa shape index (κ1) is 14.7. The van der Waals surface area contributed by atoms with Gasteiger partial charge in [0, 0.05) is 12.6 Å². The minimum Gasteiger partial charge on any atom is -0.462 e. The summed E-state index contributed by atoms with van der Waals surface area (Å²) < 4.78 is 4.89. The number of benzene rings is 1. The Balaban J connectivity index is 2.61. The SMILES string of the molecule is CCOC(=O)c1ccc(C(O)CNC(C)C)cc1. The molecule has 1 rings (SSSR count). The van der Waals surface area contributed by atoms with Crippen LogP contribution in [0.5, 0.6) is 0 Å². The van der Waals surface area contributed by atoms with E-state index in [4.69, 9.17) is 4.74 Å². The topological polar surface area (TPSA) is 58.6 Å². The molecule has 0 saturated heterocycles. The molecule has 4 nitrogen and oxygen atoms in total. The van der Waals surface area contributed by atoms with E-state index < -0.39 is 6.10 Å². The van der Waals surface area contributed by atoms with Crippen molar-refractivity contribution in [3.8, 4) is 0 Å². The van der Waals surface area contributed by atoms with E-state index in [1.807, 2.05) is 13.8 Å². The van der Waals surface area contributed by atoms with Crippen molar-refractivity contribution in [2.24, 2.45) is 0 Å². The second kappa shape index (κ2) is 7.13. The van der Waals surface area contributed by atoms with Gasteiger partial charge in [0.15, 0.2) is 0 Å². The van der Waals surface area contributed by atoms with Crippen LogP contribution in [-0.4, -0.2) is 30.3 Å². The molecule has 1 aromatic rings. The molecule has 18 heavy (non-hydrogen) atoms. The first-order valence-electron chi connectivity index (χ1n) is 6.23. The van der Waals surface area contributed by atoms with E-state index in [0.717, 1.165) is 5.56 Å². The van der Waals surface area contributed by atoms with Gasteiger partial charge in [-0.1, -0.05) is 26.0 Å². The van der Waals surface area contributed by atoms with Crippen molar-refractivity contribution in [3.05, 3.63) is 35.4 Å². The highest BCUT2D eigenvalue weighted by Gasteiger charge is 2.10. The second-order valence-corrected chi connectivity index (χ2v) is 4.42. The Kier molecular flexibility index (Phi) is 5.82. The molecule has 1 unspecified atom stereocenters. The van der Waals surface area contributed by atoms with Crippen molar-refractivity contribution in [2.75, 3.05) is 13.2 Å². The van der Waals surface area contributed by atoms with Crippen LogP contribution in [-0.2, 0) is 4.74 Å².